The van der Waals surface area contributed by atoms with E-state index in [4.69, 9.17) is 23.2 Å². The van der Waals surface area contributed by atoms with E-state index in [1.165, 1.54) is 6.92 Å². The molecule has 6 heteroatoms. The summed E-state index contributed by atoms with van der Waals surface area (Å²) >= 11 is 12.1. The van der Waals surface area contributed by atoms with Gasteiger partial charge < -0.3 is 10.6 Å². The van der Waals surface area contributed by atoms with E-state index in [2.05, 4.69) is 10.6 Å². The zero-order valence-electron chi connectivity index (χ0n) is 12.5. The highest BCUT2D eigenvalue weighted by Crippen LogP contribution is 2.29. The van der Waals surface area contributed by atoms with Crippen molar-refractivity contribution in [3.63, 3.8) is 0 Å². The summed E-state index contributed by atoms with van der Waals surface area (Å²) in [7, 11) is 0. The number of carbonyl (C=O) groups is 2. The second kappa shape index (κ2) is 7.84. The number of halogens is 2. The van der Waals surface area contributed by atoms with Crippen molar-refractivity contribution in [2.45, 2.75) is 38.6 Å². The maximum absolute atomic E-state index is 12.3. The Hall–Kier alpha value is -1.26. The molecule has 1 aromatic rings. The molecular formula is C16H20Cl2N2O2. The molecule has 1 saturated carbocycles. The Balaban J connectivity index is 1.85. The normalized spacial score (nSPS) is 20.7. The fourth-order valence-corrected chi connectivity index (χ4v) is 3.46. The lowest BCUT2D eigenvalue weighted by atomic mass is 10.0. The molecule has 1 fully saturated rings. The maximum atomic E-state index is 12.3. The topological polar surface area (TPSA) is 58.2 Å². The highest BCUT2D eigenvalue weighted by molar-refractivity contribution is 6.39. The van der Waals surface area contributed by atoms with Crippen LogP contribution in [0.25, 0.3) is 0 Å². The van der Waals surface area contributed by atoms with Gasteiger partial charge in [-0.25, -0.2) is 0 Å². The molecule has 0 aromatic heterocycles. The molecule has 0 radical (unpaired) electrons. The number of nitrogens with one attached hydrogen (secondary N) is 2. The number of amides is 2. The second-order valence-corrected chi connectivity index (χ2v) is 6.53. The Bertz CT molecular complexity index is 543. The van der Waals surface area contributed by atoms with Crippen LogP contribution in [0.5, 0.6) is 0 Å². The van der Waals surface area contributed by atoms with E-state index in [1.54, 1.807) is 18.2 Å². The van der Waals surface area contributed by atoms with Crippen molar-refractivity contribution in [1.82, 2.24) is 10.6 Å². The first-order valence-electron chi connectivity index (χ1n) is 7.46. The Morgan fingerprint density at radius 1 is 1.23 bits per heavy atom. The quantitative estimate of drug-likeness (QED) is 0.861. The lowest BCUT2D eigenvalue weighted by molar-refractivity contribution is -0.119. The molecule has 2 unspecified atom stereocenters. The lowest BCUT2D eigenvalue weighted by Gasteiger charge is -2.15. The molecule has 2 rings (SSSR count). The first-order valence-corrected chi connectivity index (χ1v) is 8.22. The van der Waals surface area contributed by atoms with Crippen LogP contribution in [0.3, 0.4) is 0 Å². The molecule has 0 saturated heterocycles. The number of rotatable bonds is 5. The van der Waals surface area contributed by atoms with E-state index in [9.17, 15) is 9.59 Å². The standard InChI is InChI=1S/C16H20Cl2N2O2/c1-10(21)19-8-7-11-5-6-12(9-11)20-16(22)15-13(17)3-2-4-14(15)18/h2-4,11-12H,5-9H2,1H3,(H,19,21)(H,20,22). The van der Waals surface area contributed by atoms with Crippen molar-refractivity contribution in [3.05, 3.63) is 33.8 Å². The molecule has 2 amide bonds. The second-order valence-electron chi connectivity index (χ2n) is 5.72. The van der Waals surface area contributed by atoms with Crippen molar-refractivity contribution in [3.8, 4) is 0 Å². The molecule has 2 atom stereocenters. The monoisotopic (exact) mass is 342 g/mol. The van der Waals surface area contributed by atoms with Gasteiger partial charge in [0.2, 0.25) is 5.91 Å². The molecule has 22 heavy (non-hydrogen) atoms. The fraction of sp³-hybridized carbons (Fsp3) is 0.500. The third kappa shape index (κ3) is 4.62. The van der Waals surface area contributed by atoms with Gasteiger partial charge in [-0.15, -0.1) is 0 Å². The van der Waals surface area contributed by atoms with E-state index >= 15 is 0 Å². The van der Waals surface area contributed by atoms with Gasteiger partial charge in [0.05, 0.1) is 15.6 Å². The van der Waals surface area contributed by atoms with Gasteiger partial charge in [-0.2, -0.15) is 0 Å². The summed E-state index contributed by atoms with van der Waals surface area (Å²) in [5.74, 6) is 0.304. The van der Waals surface area contributed by atoms with Crippen LogP contribution in [-0.4, -0.2) is 24.4 Å². The third-order valence-electron chi connectivity index (χ3n) is 3.99. The van der Waals surface area contributed by atoms with Crippen molar-refractivity contribution < 1.29 is 9.59 Å². The molecule has 1 aromatic carbocycles. The number of hydrogen-bond donors (Lipinski definition) is 2. The number of carbonyl (C=O) groups excluding carboxylic acids is 2. The highest BCUT2D eigenvalue weighted by Gasteiger charge is 2.27. The zero-order chi connectivity index (χ0) is 16.1. The minimum Gasteiger partial charge on any atom is -0.356 e. The summed E-state index contributed by atoms with van der Waals surface area (Å²) < 4.78 is 0. The van der Waals surface area contributed by atoms with Gasteiger partial charge in [-0.1, -0.05) is 29.3 Å². The van der Waals surface area contributed by atoms with E-state index < -0.39 is 0 Å². The molecule has 1 aliphatic carbocycles. The molecule has 0 bridgehead atoms. The average Bonchev–Trinajstić information content (AvgIpc) is 2.85. The fourth-order valence-electron chi connectivity index (χ4n) is 2.89. The van der Waals surface area contributed by atoms with Crippen molar-refractivity contribution in [2.24, 2.45) is 5.92 Å². The van der Waals surface area contributed by atoms with Gasteiger partial charge >= 0.3 is 0 Å². The van der Waals surface area contributed by atoms with Gasteiger partial charge in [0, 0.05) is 19.5 Å². The first-order chi connectivity index (χ1) is 10.5. The van der Waals surface area contributed by atoms with Crippen molar-refractivity contribution in [1.29, 1.82) is 0 Å². The summed E-state index contributed by atoms with van der Waals surface area (Å²) in [6.45, 7) is 2.21. The van der Waals surface area contributed by atoms with E-state index in [-0.39, 0.29) is 17.9 Å². The lowest BCUT2D eigenvalue weighted by Crippen LogP contribution is -2.33. The van der Waals surface area contributed by atoms with Crippen LogP contribution in [0, 0.1) is 5.92 Å². The molecule has 0 heterocycles. The molecule has 4 nitrogen and oxygen atoms in total. The minimum atomic E-state index is -0.219. The minimum absolute atomic E-state index is 0.00351. The summed E-state index contributed by atoms with van der Waals surface area (Å²) in [4.78, 5) is 23.2. The van der Waals surface area contributed by atoms with Crippen LogP contribution >= 0.6 is 23.2 Å². The molecule has 120 valence electrons. The molecular weight excluding hydrogens is 323 g/mol. The van der Waals surface area contributed by atoms with E-state index in [0.29, 0.717) is 28.1 Å². The zero-order valence-corrected chi connectivity index (χ0v) is 14.0. The van der Waals surface area contributed by atoms with Gasteiger partial charge in [0.25, 0.3) is 5.91 Å². The summed E-state index contributed by atoms with van der Waals surface area (Å²) in [6, 6.07) is 5.18. The average molecular weight is 343 g/mol. The van der Waals surface area contributed by atoms with Crippen LogP contribution in [0.15, 0.2) is 18.2 Å². The molecule has 0 aliphatic heterocycles. The number of benzene rings is 1. The van der Waals surface area contributed by atoms with Crippen LogP contribution < -0.4 is 10.6 Å². The van der Waals surface area contributed by atoms with E-state index in [0.717, 1.165) is 25.7 Å². The molecule has 1 aliphatic rings. The molecule has 0 spiro atoms. The highest BCUT2D eigenvalue weighted by atomic mass is 35.5. The Labute approximate surface area is 140 Å². The summed E-state index contributed by atoms with van der Waals surface area (Å²) in [5.41, 5.74) is 0.340. The van der Waals surface area contributed by atoms with Crippen LogP contribution in [0.4, 0.5) is 0 Å². The Kier molecular flexibility index (Phi) is 6.09. The Morgan fingerprint density at radius 3 is 2.55 bits per heavy atom. The van der Waals surface area contributed by atoms with E-state index in [1.807, 2.05) is 0 Å². The summed E-state index contributed by atoms with van der Waals surface area (Å²) in [5, 5.41) is 6.55. The van der Waals surface area contributed by atoms with Gasteiger partial charge in [-0.3, -0.25) is 9.59 Å². The smallest absolute Gasteiger partial charge is 0.254 e. The number of hydrogen-bond acceptors (Lipinski definition) is 2. The van der Waals surface area contributed by atoms with Crippen LogP contribution in [-0.2, 0) is 4.79 Å². The van der Waals surface area contributed by atoms with Crippen molar-refractivity contribution in [2.75, 3.05) is 6.54 Å². The maximum Gasteiger partial charge on any atom is 0.254 e. The van der Waals surface area contributed by atoms with Gasteiger partial charge in [0.1, 0.15) is 0 Å². The molecule has 2 N–H and O–H groups in total. The third-order valence-corrected chi connectivity index (χ3v) is 4.62. The predicted molar refractivity (Wildman–Crippen MR) is 88.4 cm³/mol. The Morgan fingerprint density at radius 2 is 1.91 bits per heavy atom. The summed E-state index contributed by atoms with van der Waals surface area (Å²) in [6.07, 6.45) is 3.87. The van der Waals surface area contributed by atoms with Gasteiger partial charge in [-0.05, 0) is 43.7 Å². The SMILES string of the molecule is CC(=O)NCCC1CCC(NC(=O)c2c(Cl)cccc2Cl)C1. The van der Waals surface area contributed by atoms with Crippen LogP contribution in [0.2, 0.25) is 10.0 Å². The van der Waals surface area contributed by atoms with Crippen LogP contribution in [0.1, 0.15) is 43.0 Å². The predicted octanol–water partition coefficient (Wildman–Crippen LogP) is 3.42. The van der Waals surface area contributed by atoms with Gasteiger partial charge in [0.15, 0.2) is 0 Å². The first kappa shape index (κ1) is 17.1. The van der Waals surface area contributed by atoms with Crippen molar-refractivity contribution >= 4 is 35.0 Å². The largest absolute Gasteiger partial charge is 0.356 e.